The molecule has 4 nitrogen and oxygen atoms in total. The van der Waals surface area contributed by atoms with E-state index in [4.69, 9.17) is 19.3 Å². The van der Waals surface area contributed by atoms with Crippen LogP contribution in [-0.4, -0.2) is 58.0 Å². The molecule has 1 N–H and O–H groups in total. The molecule has 80 valence electrons. The number of aliphatic hydroxyl groups is 1. The quantitative estimate of drug-likeness (QED) is 0.499. The highest BCUT2D eigenvalue weighted by molar-refractivity contribution is 4.33. The second-order valence-electron chi connectivity index (χ2n) is 2.25. The highest BCUT2D eigenvalue weighted by atomic mass is 19.1. The smallest absolute Gasteiger partial charge is 0.113 e. The fourth-order valence-electron chi connectivity index (χ4n) is 0.661. The maximum atomic E-state index is 11.5. The van der Waals surface area contributed by atoms with E-state index in [-0.39, 0.29) is 13.2 Å². The van der Waals surface area contributed by atoms with Crippen molar-refractivity contribution in [3.05, 3.63) is 0 Å². The van der Waals surface area contributed by atoms with Gasteiger partial charge in [0.1, 0.15) is 6.67 Å². The average Bonchev–Trinajstić information content (AvgIpc) is 2.16. The van der Waals surface area contributed by atoms with E-state index in [0.29, 0.717) is 33.0 Å². The van der Waals surface area contributed by atoms with Crippen LogP contribution in [0.3, 0.4) is 0 Å². The van der Waals surface area contributed by atoms with Gasteiger partial charge in [0.2, 0.25) is 0 Å². The second kappa shape index (κ2) is 11.8. The predicted molar refractivity (Wildman–Crippen MR) is 45.5 cm³/mol. The summed E-state index contributed by atoms with van der Waals surface area (Å²) in [5.41, 5.74) is 0. The molecule has 0 aromatic carbocycles. The maximum absolute atomic E-state index is 11.5. The Morgan fingerprint density at radius 3 is 1.69 bits per heavy atom. The molecule has 5 heteroatoms. The van der Waals surface area contributed by atoms with Crippen molar-refractivity contribution in [2.75, 3.05) is 52.9 Å². The van der Waals surface area contributed by atoms with Crippen LogP contribution >= 0.6 is 0 Å². The molecule has 0 saturated carbocycles. The summed E-state index contributed by atoms with van der Waals surface area (Å²) in [6, 6.07) is 0. The van der Waals surface area contributed by atoms with E-state index in [1.54, 1.807) is 0 Å². The lowest BCUT2D eigenvalue weighted by Gasteiger charge is -2.04. The fourth-order valence-corrected chi connectivity index (χ4v) is 0.661. The lowest BCUT2D eigenvalue weighted by Crippen LogP contribution is -2.11. The van der Waals surface area contributed by atoms with Gasteiger partial charge in [-0.15, -0.1) is 0 Å². The van der Waals surface area contributed by atoms with Gasteiger partial charge in [-0.2, -0.15) is 0 Å². The molecule has 0 spiro atoms. The highest BCUT2D eigenvalue weighted by Gasteiger charge is 1.90. The van der Waals surface area contributed by atoms with E-state index in [1.165, 1.54) is 0 Å². The first-order valence-electron chi connectivity index (χ1n) is 4.32. The summed E-state index contributed by atoms with van der Waals surface area (Å²) in [6.45, 7) is 1.82. The van der Waals surface area contributed by atoms with Gasteiger partial charge in [-0.3, -0.25) is 0 Å². The van der Waals surface area contributed by atoms with E-state index < -0.39 is 6.67 Å². The van der Waals surface area contributed by atoms with Crippen LogP contribution < -0.4 is 0 Å². The summed E-state index contributed by atoms with van der Waals surface area (Å²) in [4.78, 5) is 0. The van der Waals surface area contributed by atoms with Gasteiger partial charge in [0.25, 0.3) is 0 Å². The Bertz CT molecular complexity index is 82.2. The molecule has 13 heavy (non-hydrogen) atoms. The molecule has 0 aromatic heterocycles. The minimum atomic E-state index is -0.459. The van der Waals surface area contributed by atoms with Crippen molar-refractivity contribution in [2.45, 2.75) is 0 Å². The van der Waals surface area contributed by atoms with Gasteiger partial charge in [-0.25, -0.2) is 4.39 Å². The molecule has 0 saturated heterocycles. The van der Waals surface area contributed by atoms with Crippen LogP contribution in [0.15, 0.2) is 0 Å². The van der Waals surface area contributed by atoms with Crippen LogP contribution in [0.4, 0.5) is 4.39 Å². The first-order chi connectivity index (χ1) is 6.41. The van der Waals surface area contributed by atoms with Crippen molar-refractivity contribution < 1.29 is 23.7 Å². The Morgan fingerprint density at radius 2 is 1.23 bits per heavy atom. The van der Waals surface area contributed by atoms with Crippen molar-refractivity contribution >= 4 is 0 Å². The lowest BCUT2D eigenvalue weighted by molar-refractivity contribution is 0.00599. The average molecular weight is 196 g/mol. The Kier molecular flexibility index (Phi) is 11.6. The molecule has 0 aromatic rings. The van der Waals surface area contributed by atoms with E-state index >= 15 is 0 Å². The third kappa shape index (κ3) is 11.8. The van der Waals surface area contributed by atoms with E-state index in [2.05, 4.69) is 0 Å². The molecule has 0 unspecified atom stereocenters. The molecule has 0 aliphatic rings. The van der Waals surface area contributed by atoms with Crippen LogP contribution in [0.2, 0.25) is 0 Å². The van der Waals surface area contributed by atoms with E-state index in [0.717, 1.165) is 0 Å². The fraction of sp³-hybridized carbons (Fsp3) is 1.00. The zero-order valence-corrected chi connectivity index (χ0v) is 7.71. The number of halogens is 1. The van der Waals surface area contributed by atoms with E-state index in [1.807, 2.05) is 0 Å². The molecular formula is C8H17FO4. The molecule has 0 aliphatic carbocycles. The van der Waals surface area contributed by atoms with Gasteiger partial charge >= 0.3 is 0 Å². The Morgan fingerprint density at radius 1 is 0.769 bits per heavy atom. The monoisotopic (exact) mass is 196 g/mol. The maximum Gasteiger partial charge on any atom is 0.113 e. The number of aliphatic hydroxyl groups excluding tert-OH is 1. The topological polar surface area (TPSA) is 47.9 Å². The highest BCUT2D eigenvalue weighted by Crippen LogP contribution is 1.81. The van der Waals surface area contributed by atoms with Crippen molar-refractivity contribution in [2.24, 2.45) is 0 Å². The van der Waals surface area contributed by atoms with Gasteiger partial charge in [0.05, 0.1) is 46.2 Å². The van der Waals surface area contributed by atoms with Crippen molar-refractivity contribution in [3.8, 4) is 0 Å². The SMILES string of the molecule is OCCOCCOCCOCCF. The zero-order valence-electron chi connectivity index (χ0n) is 7.71. The molecule has 0 fully saturated rings. The number of rotatable bonds is 10. The summed E-state index contributed by atoms with van der Waals surface area (Å²) in [6.07, 6.45) is 0. The van der Waals surface area contributed by atoms with Gasteiger partial charge in [-0.1, -0.05) is 0 Å². The molecular weight excluding hydrogens is 179 g/mol. The molecule has 0 radical (unpaired) electrons. The van der Waals surface area contributed by atoms with Crippen molar-refractivity contribution in [3.63, 3.8) is 0 Å². The van der Waals surface area contributed by atoms with Gasteiger partial charge in [0.15, 0.2) is 0 Å². The molecule has 0 rings (SSSR count). The van der Waals surface area contributed by atoms with Crippen molar-refractivity contribution in [1.29, 1.82) is 0 Å². The standard InChI is InChI=1S/C8H17FO4/c9-1-3-11-5-7-13-8-6-12-4-2-10/h10H,1-8H2. The third-order valence-corrected chi connectivity index (χ3v) is 1.20. The largest absolute Gasteiger partial charge is 0.394 e. The molecule has 0 aliphatic heterocycles. The van der Waals surface area contributed by atoms with Gasteiger partial charge in [0, 0.05) is 0 Å². The number of alkyl halides is 1. The number of ether oxygens (including phenoxy) is 3. The molecule has 0 atom stereocenters. The summed E-state index contributed by atoms with van der Waals surface area (Å²) in [5, 5.41) is 8.34. The first kappa shape index (κ1) is 12.8. The minimum Gasteiger partial charge on any atom is -0.394 e. The van der Waals surface area contributed by atoms with Gasteiger partial charge < -0.3 is 19.3 Å². The van der Waals surface area contributed by atoms with Crippen LogP contribution in [0, 0.1) is 0 Å². The normalized spacial score (nSPS) is 10.6. The third-order valence-electron chi connectivity index (χ3n) is 1.20. The van der Waals surface area contributed by atoms with Crippen LogP contribution in [0.1, 0.15) is 0 Å². The Labute approximate surface area is 77.6 Å². The van der Waals surface area contributed by atoms with Crippen LogP contribution in [-0.2, 0) is 14.2 Å². The zero-order chi connectivity index (χ0) is 9.78. The number of hydrogen-bond acceptors (Lipinski definition) is 4. The van der Waals surface area contributed by atoms with Gasteiger partial charge in [-0.05, 0) is 0 Å². The van der Waals surface area contributed by atoms with Crippen LogP contribution in [0.5, 0.6) is 0 Å². The lowest BCUT2D eigenvalue weighted by atomic mass is 10.7. The first-order valence-corrected chi connectivity index (χ1v) is 4.32. The molecule has 0 amide bonds. The van der Waals surface area contributed by atoms with E-state index in [9.17, 15) is 4.39 Å². The summed E-state index contributed by atoms with van der Waals surface area (Å²) in [7, 11) is 0. The summed E-state index contributed by atoms with van der Waals surface area (Å²) in [5.74, 6) is 0. The summed E-state index contributed by atoms with van der Waals surface area (Å²) >= 11 is 0. The second-order valence-corrected chi connectivity index (χ2v) is 2.25. The van der Waals surface area contributed by atoms with Crippen LogP contribution in [0.25, 0.3) is 0 Å². The predicted octanol–water partition coefficient (Wildman–Crippen LogP) is -0.00200. The van der Waals surface area contributed by atoms with Crippen molar-refractivity contribution in [1.82, 2.24) is 0 Å². The number of hydrogen-bond donors (Lipinski definition) is 1. The summed E-state index contributed by atoms with van der Waals surface area (Å²) < 4.78 is 26.3. The Hall–Kier alpha value is -0.230. The molecule has 0 heterocycles. The Balaban J connectivity index is 2.76. The molecule has 0 bridgehead atoms. The minimum absolute atomic E-state index is 0.0274.